The summed E-state index contributed by atoms with van der Waals surface area (Å²) in [5.74, 6) is 1.76. The third kappa shape index (κ3) is 3.55. The van der Waals surface area contributed by atoms with Gasteiger partial charge in [-0.3, -0.25) is 4.79 Å². The van der Waals surface area contributed by atoms with Gasteiger partial charge in [0.2, 0.25) is 12.7 Å². The number of hydrogen-bond donors (Lipinski definition) is 1. The number of nitrogens with zero attached hydrogens (tertiary/aromatic N) is 3. The smallest absolute Gasteiger partial charge is 0.270 e. The Morgan fingerprint density at radius 3 is 2.81 bits per heavy atom. The highest BCUT2D eigenvalue weighted by Crippen LogP contribution is 2.32. The maximum Gasteiger partial charge on any atom is 0.270 e. The van der Waals surface area contributed by atoms with Gasteiger partial charge in [-0.1, -0.05) is 6.07 Å². The number of nitrogens with one attached hydrogen (secondary N) is 1. The molecular formula is C18H20N4O4. The molecule has 2 aromatic rings. The Balaban J connectivity index is 1.45. The first-order valence-corrected chi connectivity index (χ1v) is 8.54. The second kappa shape index (κ2) is 7.17. The number of ether oxygens (including phenoxy) is 3. The van der Waals surface area contributed by atoms with E-state index in [1.165, 1.54) is 0 Å². The van der Waals surface area contributed by atoms with Gasteiger partial charge in [-0.15, -0.1) is 0 Å². The van der Waals surface area contributed by atoms with Gasteiger partial charge in [0, 0.05) is 25.3 Å². The number of aromatic nitrogens is 2. The van der Waals surface area contributed by atoms with Crippen LogP contribution in [0.15, 0.2) is 24.3 Å². The van der Waals surface area contributed by atoms with E-state index < -0.39 is 0 Å². The number of carbonyl (C=O) groups is 1. The van der Waals surface area contributed by atoms with Crippen molar-refractivity contribution >= 4 is 11.9 Å². The molecule has 0 radical (unpaired) electrons. The fourth-order valence-electron chi connectivity index (χ4n) is 2.90. The summed E-state index contributed by atoms with van der Waals surface area (Å²) in [6.07, 6.45) is 0. The maximum absolute atomic E-state index is 12.5. The van der Waals surface area contributed by atoms with Gasteiger partial charge in [0.15, 0.2) is 11.5 Å². The first-order chi connectivity index (χ1) is 12.7. The van der Waals surface area contributed by atoms with Crippen LogP contribution in [0.4, 0.5) is 5.95 Å². The van der Waals surface area contributed by atoms with Crippen LogP contribution in [0, 0.1) is 6.92 Å². The van der Waals surface area contributed by atoms with Crippen LogP contribution in [-0.4, -0.2) is 49.0 Å². The highest BCUT2D eigenvalue weighted by Gasteiger charge is 2.18. The molecule has 0 spiro atoms. The molecule has 136 valence electrons. The van der Waals surface area contributed by atoms with Crippen molar-refractivity contribution in [2.24, 2.45) is 0 Å². The van der Waals surface area contributed by atoms with E-state index in [2.05, 4.69) is 15.3 Å². The predicted molar refractivity (Wildman–Crippen MR) is 93.5 cm³/mol. The standard InChI is InChI=1S/C18H20N4O4/c1-12-8-14(21-18(20-12)22-4-6-24-7-5-22)17(23)19-10-13-2-3-15-16(9-13)26-11-25-15/h2-3,8-9H,4-7,10-11H2,1H3,(H,19,23). The average molecular weight is 356 g/mol. The number of fused-ring (bicyclic) bond motifs is 1. The van der Waals surface area contributed by atoms with Crippen molar-refractivity contribution in [3.8, 4) is 11.5 Å². The van der Waals surface area contributed by atoms with Gasteiger partial charge in [-0.25, -0.2) is 9.97 Å². The Morgan fingerprint density at radius 2 is 1.96 bits per heavy atom. The Bertz CT molecular complexity index is 821. The number of morpholine rings is 1. The molecule has 0 aliphatic carbocycles. The van der Waals surface area contributed by atoms with Crippen LogP contribution < -0.4 is 19.7 Å². The lowest BCUT2D eigenvalue weighted by Gasteiger charge is -2.27. The lowest BCUT2D eigenvalue weighted by atomic mass is 10.2. The van der Waals surface area contributed by atoms with E-state index in [4.69, 9.17) is 14.2 Å². The maximum atomic E-state index is 12.5. The van der Waals surface area contributed by atoms with E-state index in [9.17, 15) is 4.79 Å². The SMILES string of the molecule is Cc1cc(C(=O)NCc2ccc3c(c2)OCO3)nc(N2CCOCC2)n1. The Morgan fingerprint density at radius 1 is 1.15 bits per heavy atom. The lowest BCUT2D eigenvalue weighted by molar-refractivity contribution is 0.0945. The molecule has 8 heteroatoms. The molecule has 4 rings (SSSR count). The van der Waals surface area contributed by atoms with E-state index in [-0.39, 0.29) is 12.7 Å². The largest absolute Gasteiger partial charge is 0.454 e. The Hall–Kier alpha value is -2.87. The molecule has 1 amide bonds. The lowest BCUT2D eigenvalue weighted by Crippen LogP contribution is -2.38. The molecule has 1 aromatic carbocycles. The van der Waals surface area contributed by atoms with Crippen LogP contribution in [0.2, 0.25) is 0 Å². The molecule has 8 nitrogen and oxygen atoms in total. The summed E-state index contributed by atoms with van der Waals surface area (Å²) in [5, 5.41) is 2.89. The molecular weight excluding hydrogens is 336 g/mol. The van der Waals surface area contributed by atoms with E-state index in [1.54, 1.807) is 6.07 Å². The monoisotopic (exact) mass is 356 g/mol. The molecule has 3 heterocycles. The summed E-state index contributed by atoms with van der Waals surface area (Å²) < 4.78 is 16.0. The van der Waals surface area contributed by atoms with E-state index in [0.717, 1.165) is 30.1 Å². The summed E-state index contributed by atoms with van der Waals surface area (Å²) in [5.41, 5.74) is 2.05. The summed E-state index contributed by atoms with van der Waals surface area (Å²) >= 11 is 0. The number of benzene rings is 1. The minimum Gasteiger partial charge on any atom is -0.454 e. The van der Waals surface area contributed by atoms with Crippen LogP contribution in [-0.2, 0) is 11.3 Å². The second-order valence-electron chi connectivity index (χ2n) is 6.16. The number of amides is 1. The van der Waals surface area contributed by atoms with E-state index in [0.29, 0.717) is 37.2 Å². The van der Waals surface area contributed by atoms with Crippen LogP contribution in [0.1, 0.15) is 21.7 Å². The van der Waals surface area contributed by atoms with Crippen molar-refractivity contribution in [3.63, 3.8) is 0 Å². The molecule has 26 heavy (non-hydrogen) atoms. The number of carbonyl (C=O) groups excluding carboxylic acids is 1. The van der Waals surface area contributed by atoms with Gasteiger partial charge < -0.3 is 24.4 Å². The fraction of sp³-hybridized carbons (Fsp3) is 0.389. The quantitative estimate of drug-likeness (QED) is 0.883. The number of rotatable bonds is 4. The van der Waals surface area contributed by atoms with Crippen LogP contribution in [0.5, 0.6) is 11.5 Å². The van der Waals surface area contributed by atoms with Crippen molar-refractivity contribution < 1.29 is 19.0 Å². The molecule has 1 N–H and O–H groups in total. The fourth-order valence-corrected chi connectivity index (χ4v) is 2.90. The van der Waals surface area contributed by atoms with Crippen molar-refractivity contribution in [2.45, 2.75) is 13.5 Å². The van der Waals surface area contributed by atoms with E-state index >= 15 is 0 Å². The summed E-state index contributed by atoms with van der Waals surface area (Å²) in [7, 11) is 0. The third-order valence-corrected chi connectivity index (χ3v) is 4.26. The topological polar surface area (TPSA) is 85.8 Å². The zero-order valence-corrected chi connectivity index (χ0v) is 14.5. The summed E-state index contributed by atoms with van der Waals surface area (Å²) in [6, 6.07) is 7.30. The minimum atomic E-state index is -0.234. The number of anilines is 1. The second-order valence-corrected chi connectivity index (χ2v) is 6.16. The van der Waals surface area contributed by atoms with Crippen molar-refractivity contribution in [3.05, 3.63) is 41.2 Å². The normalized spacial score (nSPS) is 15.8. The highest BCUT2D eigenvalue weighted by molar-refractivity contribution is 5.92. The number of hydrogen-bond acceptors (Lipinski definition) is 7. The molecule has 2 aliphatic rings. The molecule has 1 aromatic heterocycles. The van der Waals surface area contributed by atoms with Crippen molar-refractivity contribution in [2.75, 3.05) is 38.0 Å². The Labute approximate surface area is 151 Å². The van der Waals surface area contributed by atoms with Crippen LogP contribution in [0.3, 0.4) is 0 Å². The predicted octanol–water partition coefficient (Wildman–Crippen LogP) is 1.28. The van der Waals surface area contributed by atoms with Gasteiger partial charge in [0.25, 0.3) is 5.91 Å². The zero-order valence-electron chi connectivity index (χ0n) is 14.5. The average Bonchev–Trinajstić information content (AvgIpc) is 3.14. The first-order valence-electron chi connectivity index (χ1n) is 8.54. The van der Waals surface area contributed by atoms with Crippen LogP contribution in [0.25, 0.3) is 0 Å². The molecule has 0 saturated carbocycles. The molecule has 0 atom stereocenters. The molecule has 1 saturated heterocycles. The first kappa shape index (κ1) is 16.6. The molecule has 0 bridgehead atoms. The van der Waals surface area contributed by atoms with Crippen molar-refractivity contribution in [1.29, 1.82) is 0 Å². The van der Waals surface area contributed by atoms with Crippen molar-refractivity contribution in [1.82, 2.24) is 15.3 Å². The third-order valence-electron chi connectivity index (χ3n) is 4.26. The molecule has 1 fully saturated rings. The minimum absolute atomic E-state index is 0.232. The van der Waals surface area contributed by atoms with Gasteiger partial charge in [-0.05, 0) is 30.7 Å². The molecule has 2 aliphatic heterocycles. The van der Waals surface area contributed by atoms with Gasteiger partial charge in [0.1, 0.15) is 5.69 Å². The van der Waals surface area contributed by atoms with E-state index in [1.807, 2.05) is 30.0 Å². The van der Waals surface area contributed by atoms with Gasteiger partial charge in [0.05, 0.1) is 13.2 Å². The highest BCUT2D eigenvalue weighted by atomic mass is 16.7. The molecule has 0 unspecified atom stereocenters. The Kier molecular flexibility index (Phi) is 4.57. The summed E-state index contributed by atoms with van der Waals surface area (Å²) in [6.45, 7) is 5.20. The zero-order chi connectivity index (χ0) is 17.9. The number of aryl methyl sites for hydroxylation is 1. The summed E-state index contributed by atoms with van der Waals surface area (Å²) in [4.78, 5) is 23.4. The van der Waals surface area contributed by atoms with Crippen LogP contribution >= 0.6 is 0 Å². The van der Waals surface area contributed by atoms with Gasteiger partial charge in [-0.2, -0.15) is 0 Å². The van der Waals surface area contributed by atoms with Gasteiger partial charge >= 0.3 is 0 Å².